The van der Waals surface area contributed by atoms with Gasteiger partial charge in [0, 0.05) is 44.1 Å². The van der Waals surface area contributed by atoms with Gasteiger partial charge in [-0.25, -0.2) is 4.98 Å². The number of carbonyl (C=O) groups is 1. The molecule has 4 rings (SSSR count). The first-order valence-electron chi connectivity index (χ1n) is 8.61. The third-order valence-electron chi connectivity index (χ3n) is 5.25. The number of rotatable bonds is 3. The van der Waals surface area contributed by atoms with Gasteiger partial charge in [0.15, 0.2) is 5.76 Å². The Kier molecular flexibility index (Phi) is 3.96. The number of nitrogens with zero attached hydrogens (tertiary/aromatic N) is 4. The van der Waals surface area contributed by atoms with Gasteiger partial charge in [-0.15, -0.1) is 0 Å². The standard InChI is InChI=1S/C18H22N4O2/c1-21(18(23)17-15-4-2-3-13(15)12-24-17)14-5-9-22(10-6-14)16-11-19-7-8-20-16/h7-8,11-12,14H,2-6,9-10H2,1H3. The zero-order valence-corrected chi connectivity index (χ0v) is 13.9. The summed E-state index contributed by atoms with van der Waals surface area (Å²) in [5, 5.41) is 0. The minimum Gasteiger partial charge on any atom is -0.459 e. The first-order valence-corrected chi connectivity index (χ1v) is 8.61. The summed E-state index contributed by atoms with van der Waals surface area (Å²) >= 11 is 0. The molecule has 3 heterocycles. The molecule has 0 saturated carbocycles. The highest BCUT2D eigenvalue weighted by molar-refractivity contribution is 5.93. The van der Waals surface area contributed by atoms with Gasteiger partial charge in [-0.3, -0.25) is 9.78 Å². The average molecular weight is 326 g/mol. The Morgan fingerprint density at radius 2 is 2.12 bits per heavy atom. The van der Waals surface area contributed by atoms with E-state index in [1.54, 1.807) is 24.9 Å². The highest BCUT2D eigenvalue weighted by Gasteiger charge is 2.31. The fraction of sp³-hybridized carbons (Fsp3) is 0.500. The highest BCUT2D eigenvalue weighted by atomic mass is 16.3. The van der Waals surface area contributed by atoms with E-state index < -0.39 is 0 Å². The van der Waals surface area contributed by atoms with Gasteiger partial charge in [-0.1, -0.05) is 0 Å². The first kappa shape index (κ1) is 15.2. The van der Waals surface area contributed by atoms with Gasteiger partial charge in [-0.2, -0.15) is 0 Å². The molecule has 6 nitrogen and oxygen atoms in total. The molecule has 1 aliphatic heterocycles. The largest absolute Gasteiger partial charge is 0.459 e. The highest BCUT2D eigenvalue weighted by Crippen LogP contribution is 2.29. The number of amides is 1. The maximum Gasteiger partial charge on any atom is 0.289 e. The SMILES string of the molecule is CN(C(=O)c1occ2c1CCC2)C1CCN(c2cnccn2)CC1. The summed E-state index contributed by atoms with van der Waals surface area (Å²) in [7, 11) is 1.90. The van der Waals surface area contributed by atoms with Crippen molar-refractivity contribution in [2.45, 2.75) is 38.1 Å². The molecule has 0 N–H and O–H groups in total. The molecule has 2 aliphatic rings. The van der Waals surface area contributed by atoms with E-state index in [1.807, 2.05) is 11.9 Å². The van der Waals surface area contributed by atoms with Crippen LogP contribution in [-0.2, 0) is 12.8 Å². The van der Waals surface area contributed by atoms with E-state index in [0.29, 0.717) is 5.76 Å². The molecule has 0 aromatic carbocycles. The normalized spacial score (nSPS) is 17.8. The summed E-state index contributed by atoms with van der Waals surface area (Å²) in [6, 6.07) is 0.243. The van der Waals surface area contributed by atoms with Crippen LogP contribution in [0.3, 0.4) is 0 Å². The lowest BCUT2D eigenvalue weighted by atomic mass is 10.0. The van der Waals surface area contributed by atoms with Crippen molar-refractivity contribution in [3.8, 4) is 0 Å². The number of aromatic nitrogens is 2. The molecule has 126 valence electrons. The second-order valence-electron chi connectivity index (χ2n) is 6.62. The summed E-state index contributed by atoms with van der Waals surface area (Å²) < 4.78 is 5.58. The van der Waals surface area contributed by atoms with Crippen LogP contribution in [0.1, 0.15) is 40.9 Å². The topological polar surface area (TPSA) is 62.5 Å². The molecule has 2 aromatic rings. The Morgan fingerprint density at radius 3 is 2.88 bits per heavy atom. The predicted molar refractivity (Wildman–Crippen MR) is 90.1 cm³/mol. The Labute approximate surface area is 141 Å². The van der Waals surface area contributed by atoms with Crippen molar-refractivity contribution < 1.29 is 9.21 Å². The number of hydrogen-bond donors (Lipinski definition) is 0. The van der Waals surface area contributed by atoms with Crippen molar-refractivity contribution in [1.82, 2.24) is 14.9 Å². The first-order chi connectivity index (χ1) is 11.7. The van der Waals surface area contributed by atoms with Crippen LogP contribution in [0.25, 0.3) is 0 Å². The van der Waals surface area contributed by atoms with E-state index >= 15 is 0 Å². The van der Waals surface area contributed by atoms with E-state index in [9.17, 15) is 4.79 Å². The zero-order chi connectivity index (χ0) is 16.5. The molecule has 1 amide bonds. The summed E-state index contributed by atoms with van der Waals surface area (Å²) in [5.74, 6) is 1.49. The molecule has 24 heavy (non-hydrogen) atoms. The Morgan fingerprint density at radius 1 is 1.29 bits per heavy atom. The monoisotopic (exact) mass is 326 g/mol. The van der Waals surface area contributed by atoms with Crippen LogP contribution in [0.2, 0.25) is 0 Å². The summed E-state index contributed by atoms with van der Waals surface area (Å²) in [5.41, 5.74) is 2.34. The molecular formula is C18H22N4O2. The number of furan rings is 1. The lowest BCUT2D eigenvalue weighted by molar-refractivity contribution is 0.0675. The predicted octanol–water partition coefficient (Wildman–Crippen LogP) is 2.30. The van der Waals surface area contributed by atoms with Crippen molar-refractivity contribution in [3.63, 3.8) is 0 Å². The Balaban J connectivity index is 1.41. The molecule has 0 radical (unpaired) electrons. The zero-order valence-electron chi connectivity index (χ0n) is 13.9. The number of aryl methyl sites for hydroxylation is 1. The maximum absolute atomic E-state index is 12.8. The van der Waals surface area contributed by atoms with Crippen LogP contribution in [0, 0.1) is 0 Å². The van der Waals surface area contributed by atoms with Crippen molar-refractivity contribution in [2.75, 3.05) is 25.0 Å². The molecule has 6 heteroatoms. The van der Waals surface area contributed by atoms with Crippen LogP contribution < -0.4 is 4.90 Å². The molecule has 0 unspecified atom stereocenters. The average Bonchev–Trinajstić information content (AvgIpc) is 3.25. The summed E-state index contributed by atoms with van der Waals surface area (Å²) in [4.78, 5) is 25.4. The lowest BCUT2D eigenvalue weighted by Gasteiger charge is -2.36. The van der Waals surface area contributed by atoms with Gasteiger partial charge < -0.3 is 14.2 Å². The smallest absolute Gasteiger partial charge is 0.289 e. The number of piperidine rings is 1. The molecule has 0 atom stereocenters. The second kappa shape index (κ2) is 6.26. The van der Waals surface area contributed by atoms with Crippen LogP contribution in [0.5, 0.6) is 0 Å². The number of anilines is 1. The lowest BCUT2D eigenvalue weighted by Crippen LogP contribution is -2.46. The number of hydrogen-bond acceptors (Lipinski definition) is 5. The quantitative estimate of drug-likeness (QED) is 0.866. The van der Waals surface area contributed by atoms with Gasteiger partial charge >= 0.3 is 0 Å². The molecular weight excluding hydrogens is 304 g/mol. The van der Waals surface area contributed by atoms with Crippen molar-refractivity contribution in [3.05, 3.63) is 41.7 Å². The molecule has 1 fully saturated rings. The van der Waals surface area contributed by atoms with Crippen molar-refractivity contribution in [1.29, 1.82) is 0 Å². The van der Waals surface area contributed by atoms with Gasteiger partial charge in [0.05, 0.1) is 12.5 Å². The maximum atomic E-state index is 12.8. The van der Waals surface area contributed by atoms with E-state index in [1.165, 1.54) is 5.56 Å². The van der Waals surface area contributed by atoms with Gasteiger partial charge in [0.25, 0.3) is 5.91 Å². The molecule has 1 saturated heterocycles. The third-order valence-corrected chi connectivity index (χ3v) is 5.25. The van der Waals surface area contributed by atoms with Gasteiger partial charge in [0.1, 0.15) is 5.82 Å². The number of carbonyl (C=O) groups excluding carboxylic acids is 1. The second-order valence-corrected chi connectivity index (χ2v) is 6.62. The van der Waals surface area contributed by atoms with E-state index in [-0.39, 0.29) is 11.9 Å². The number of fused-ring (bicyclic) bond motifs is 1. The van der Waals surface area contributed by atoms with Gasteiger partial charge in [-0.05, 0) is 37.7 Å². The molecule has 1 aliphatic carbocycles. The van der Waals surface area contributed by atoms with E-state index in [2.05, 4.69) is 14.9 Å². The van der Waals surface area contributed by atoms with Crippen LogP contribution in [0.4, 0.5) is 5.82 Å². The summed E-state index contributed by atoms with van der Waals surface area (Å²) in [6.07, 6.45) is 11.9. The van der Waals surface area contributed by atoms with Crippen molar-refractivity contribution in [2.24, 2.45) is 0 Å². The van der Waals surface area contributed by atoms with Crippen LogP contribution in [0.15, 0.2) is 29.3 Å². The minimum absolute atomic E-state index is 0.0242. The minimum atomic E-state index is 0.0242. The van der Waals surface area contributed by atoms with Gasteiger partial charge in [0.2, 0.25) is 0 Å². The fourth-order valence-corrected chi connectivity index (χ4v) is 3.80. The summed E-state index contributed by atoms with van der Waals surface area (Å²) in [6.45, 7) is 1.77. The van der Waals surface area contributed by atoms with E-state index in [0.717, 1.165) is 56.6 Å². The van der Waals surface area contributed by atoms with Crippen molar-refractivity contribution >= 4 is 11.7 Å². The van der Waals surface area contributed by atoms with Crippen LogP contribution >= 0.6 is 0 Å². The Hall–Kier alpha value is -2.37. The molecule has 2 aromatic heterocycles. The molecule has 0 bridgehead atoms. The molecule has 0 spiro atoms. The Bertz CT molecular complexity index is 720. The third kappa shape index (κ3) is 2.66. The van der Waals surface area contributed by atoms with Crippen LogP contribution in [-0.4, -0.2) is 47.0 Å². The van der Waals surface area contributed by atoms with E-state index in [4.69, 9.17) is 4.42 Å². The fourth-order valence-electron chi connectivity index (χ4n) is 3.80.